The lowest BCUT2D eigenvalue weighted by atomic mass is 10.0. The summed E-state index contributed by atoms with van der Waals surface area (Å²) < 4.78 is 0. The van der Waals surface area contributed by atoms with E-state index in [1.807, 2.05) is 12.1 Å². The topological polar surface area (TPSA) is 119 Å². The number of hydrogen-bond donors (Lipinski definition) is 4. The Bertz CT molecular complexity index is 972. The molecule has 1 aliphatic heterocycles. The Labute approximate surface area is 188 Å². The molecular weight excluding hydrogens is 442 g/mol. The number of thioether (sulfide) groups is 1. The first-order chi connectivity index (χ1) is 14.7. The first-order valence-corrected chi connectivity index (χ1v) is 10.8. The zero-order valence-corrected chi connectivity index (χ0v) is 18.2. The van der Waals surface area contributed by atoms with Crippen molar-refractivity contribution in [3.05, 3.63) is 64.7 Å². The molecule has 2 unspecified atom stereocenters. The summed E-state index contributed by atoms with van der Waals surface area (Å²) in [5.74, 6) is -0.386. The summed E-state index contributed by atoms with van der Waals surface area (Å²) in [5.41, 5.74) is 2.11. The van der Waals surface area contributed by atoms with Crippen molar-refractivity contribution in [1.29, 1.82) is 0 Å². The second-order valence-electron chi connectivity index (χ2n) is 7.17. The predicted molar refractivity (Wildman–Crippen MR) is 119 cm³/mol. The van der Waals surface area contributed by atoms with Gasteiger partial charge in [-0.25, -0.2) is 4.79 Å². The van der Waals surface area contributed by atoms with Crippen LogP contribution < -0.4 is 10.6 Å². The molecular formula is C21H22ClN3O5S. The average Bonchev–Trinajstić information content (AvgIpc) is 3.03. The molecule has 0 radical (unpaired) electrons. The highest BCUT2D eigenvalue weighted by Gasteiger charge is 2.31. The molecule has 1 saturated heterocycles. The van der Waals surface area contributed by atoms with Crippen molar-refractivity contribution in [2.75, 3.05) is 11.9 Å². The van der Waals surface area contributed by atoms with E-state index in [0.29, 0.717) is 22.7 Å². The van der Waals surface area contributed by atoms with Crippen LogP contribution >= 0.6 is 23.4 Å². The number of halogens is 1. The van der Waals surface area contributed by atoms with E-state index in [9.17, 15) is 24.6 Å². The lowest BCUT2D eigenvalue weighted by Gasteiger charge is -2.29. The number of benzene rings is 2. The van der Waals surface area contributed by atoms with Crippen molar-refractivity contribution in [3.8, 4) is 0 Å². The Morgan fingerprint density at radius 2 is 1.97 bits per heavy atom. The zero-order valence-electron chi connectivity index (χ0n) is 16.6. The molecule has 164 valence electrons. The minimum absolute atomic E-state index is 0.0848. The smallest absolute Gasteiger partial charge is 0.407 e. The van der Waals surface area contributed by atoms with Gasteiger partial charge >= 0.3 is 6.09 Å². The maximum atomic E-state index is 11.8. The normalized spacial score (nSPS) is 17.7. The fourth-order valence-corrected chi connectivity index (χ4v) is 4.18. The Morgan fingerprint density at radius 3 is 2.55 bits per heavy atom. The van der Waals surface area contributed by atoms with Gasteiger partial charge in [0.1, 0.15) is 0 Å². The van der Waals surface area contributed by atoms with E-state index < -0.39 is 17.6 Å². The number of carboxylic acid groups (broad SMARTS) is 1. The van der Waals surface area contributed by atoms with Gasteiger partial charge in [0.15, 0.2) is 5.37 Å². The van der Waals surface area contributed by atoms with Gasteiger partial charge in [-0.15, -0.1) is 0 Å². The second kappa shape index (κ2) is 10.0. The van der Waals surface area contributed by atoms with Crippen molar-refractivity contribution in [2.45, 2.75) is 30.9 Å². The van der Waals surface area contributed by atoms with Gasteiger partial charge in [0.2, 0.25) is 0 Å². The first kappa shape index (κ1) is 22.9. The van der Waals surface area contributed by atoms with Crippen molar-refractivity contribution >= 4 is 46.3 Å². The van der Waals surface area contributed by atoms with Gasteiger partial charge in [0, 0.05) is 16.8 Å². The quantitative estimate of drug-likeness (QED) is 0.471. The summed E-state index contributed by atoms with van der Waals surface area (Å²) in [6.07, 6.45) is -1.69. The van der Waals surface area contributed by atoms with E-state index in [4.69, 9.17) is 11.6 Å². The highest BCUT2D eigenvalue weighted by atomic mass is 35.5. The molecule has 0 aliphatic carbocycles. The minimum atomic E-state index is -1.12. The molecule has 3 rings (SSSR count). The summed E-state index contributed by atoms with van der Waals surface area (Å²) in [4.78, 5) is 35.9. The van der Waals surface area contributed by atoms with Crippen LogP contribution in [0, 0.1) is 0 Å². The number of anilines is 1. The molecule has 0 spiro atoms. The monoisotopic (exact) mass is 463 g/mol. The number of imide groups is 1. The molecule has 1 fully saturated rings. The van der Waals surface area contributed by atoms with E-state index in [2.05, 4.69) is 10.6 Å². The van der Waals surface area contributed by atoms with Crippen LogP contribution in [0.5, 0.6) is 0 Å². The van der Waals surface area contributed by atoms with E-state index in [-0.39, 0.29) is 23.7 Å². The van der Waals surface area contributed by atoms with Crippen molar-refractivity contribution in [1.82, 2.24) is 10.2 Å². The number of rotatable bonds is 8. The molecule has 1 heterocycles. The summed E-state index contributed by atoms with van der Waals surface area (Å²) in [6.45, 7) is 1.69. The van der Waals surface area contributed by atoms with Crippen LogP contribution in [0.3, 0.4) is 0 Å². The molecule has 0 saturated carbocycles. The van der Waals surface area contributed by atoms with Crippen LogP contribution in [0.15, 0.2) is 48.5 Å². The van der Waals surface area contributed by atoms with Crippen LogP contribution in [-0.4, -0.2) is 50.3 Å². The third kappa shape index (κ3) is 6.13. The number of amides is 3. The van der Waals surface area contributed by atoms with Crippen LogP contribution in [0.25, 0.3) is 0 Å². The fourth-order valence-electron chi connectivity index (χ4n) is 3.24. The molecule has 10 heteroatoms. The summed E-state index contributed by atoms with van der Waals surface area (Å²) >= 11 is 6.83. The summed E-state index contributed by atoms with van der Waals surface area (Å²) in [6, 6.07) is 13.5. The molecule has 2 aromatic rings. The molecule has 8 nitrogen and oxygen atoms in total. The van der Waals surface area contributed by atoms with Gasteiger partial charge in [-0.05, 0) is 60.5 Å². The van der Waals surface area contributed by atoms with Gasteiger partial charge in [-0.3, -0.25) is 14.9 Å². The van der Waals surface area contributed by atoms with Gasteiger partial charge in [0.05, 0.1) is 12.6 Å². The molecule has 0 bridgehead atoms. The Hall–Kier alpha value is -2.75. The number of nitrogens with one attached hydrogen (secondary N) is 2. The molecule has 2 aromatic carbocycles. The van der Waals surface area contributed by atoms with Gasteiger partial charge < -0.3 is 20.4 Å². The predicted octanol–water partition coefficient (Wildman–Crippen LogP) is 3.71. The minimum Gasteiger partial charge on any atom is -0.465 e. The fraction of sp³-hybridized carbons (Fsp3) is 0.286. The second-order valence-corrected chi connectivity index (χ2v) is 8.69. The van der Waals surface area contributed by atoms with Crippen molar-refractivity contribution < 1.29 is 24.6 Å². The lowest BCUT2D eigenvalue weighted by Crippen LogP contribution is -2.41. The number of aliphatic hydroxyl groups excluding tert-OH is 1. The maximum absolute atomic E-state index is 11.8. The van der Waals surface area contributed by atoms with Crippen LogP contribution in [-0.2, 0) is 11.2 Å². The van der Waals surface area contributed by atoms with Crippen LogP contribution in [0.2, 0.25) is 5.02 Å². The first-order valence-electron chi connectivity index (χ1n) is 9.53. The van der Waals surface area contributed by atoms with Crippen LogP contribution in [0.1, 0.15) is 24.2 Å². The molecule has 1 aliphatic rings. The average molecular weight is 464 g/mol. The van der Waals surface area contributed by atoms with Gasteiger partial charge in [-0.1, -0.05) is 35.9 Å². The number of carbonyl (C=O) groups excluding carboxylic acids is 2. The molecule has 3 atom stereocenters. The number of carbonyl (C=O) groups is 3. The number of aliphatic hydroxyl groups is 1. The highest BCUT2D eigenvalue weighted by Crippen LogP contribution is 2.23. The number of nitrogens with zero attached hydrogens (tertiary/aromatic N) is 1. The molecule has 0 aromatic heterocycles. The van der Waals surface area contributed by atoms with Gasteiger partial charge in [0.25, 0.3) is 11.1 Å². The van der Waals surface area contributed by atoms with E-state index in [1.54, 1.807) is 43.3 Å². The molecule has 4 N–H and O–H groups in total. The van der Waals surface area contributed by atoms with E-state index in [0.717, 1.165) is 17.3 Å². The Balaban J connectivity index is 1.61. The zero-order chi connectivity index (χ0) is 22.5. The largest absolute Gasteiger partial charge is 0.465 e. The summed E-state index contributed by atoms with van der Waals surface area (Å²) in [7, 11) is 0. The SMILES string of the molecule is CC(Cc1ccc(NC2SC(=O)NC2=O)cc1)N(C[C@H](O)c1cccc(Cl)c1)C(=O)O. The molecule has 3 amide bonds. The lowest BCUT2D eigenvalue weighted by molar-refractivity contribution is -0.118. The summed E-state index contributed by atoms with van der Waals surface area (Å²) in [5, 5.41) is 24.7. The van der Waals surface area contributed by atoms with Crippen molar-refractivity contribution in [3.63, 3.8) is 0 Å². The Morgan fingerprint density at radius 1 is 1.26 bits per heavy atom. The van der Waals surface area contributed by atoms with E-state index >= 15 is 0 Å². The van der Waals surface area contributed by atoms with Gasteiger partial charge in [-0.2, -0.15) is 0 Å². The third-order valence-corrected chi connectivity index (χ3v) is 5.97. The third-order valence-electron chi connectivity index (χ3n) is 4.85. The number of hydrogen-bond acceptors (Lipinski definition) is 6. The maximum Gasteiger partial charge on any atom is 0.407 e. The molecule has 31 heavy (non-hydrogen) atoms. The highest BCUT2D eigenvalue weighted by molar-refractivity contribution is 8.15. The van der Waals surface area contributed by atoms with E-state index in [1.165, 1.54) is 4.90 Å². The Kier molecular flexibility index (Phi) is 7.42. The standard InChI is InChI=1S/C21H22ClN3O5S/c1-12(25(21(29)30)11-17(26)14-3-2-4-15(22)10-14)9-13-5-7-16(8-6-13)23-19-18(27)24-20(28)31-19/h2-8,10,12,17,19,23,26H,9,11H2,1H3,(H,29,30)(H,24,27,28)/t12?,17-,19?/m0/s1. The van der Waals surface area contributed by atoms with Crippen molar-refractivity contribution in [2.24, 2.45) is 0 Å². The van der Waals surface area contributed by atoms with Crippen LogP contribution in [0.4, 0.5) is 15.3 Å².